The van der Waals surface area contributed by atoms with Crippen LogP contribution in [0.2, 0.25) is 0 Å². The summed E-state index contributed by atoms with van der Waals surface area (Å²) in [6.07, 6.45) is 6.75. The van der Waals surface area contributed by atoms with Gasteiger partial charge in [-0.25, -0.2) is 4.39 Å². The number of pyridine rings is 1. The van der Waals surface area contributed by atoms with E-state index in [0.29, 0.717) is 54.4 Å². The van der Waals surface area contributed by atoms with Crippen LogP contribution >= 0.6 is 0 Å². The molecule has 0 saturated carbocycles. The van der Waals surface area contributed by atoms with Crippen LogP contribution in [0.15, 0.2) is 53.5 Å². The highest BCUT2D eigenvalue weighted by molar-refractivity contribution is 6.02. The fourth-order valence-corrected chi connectivity index (χ4v) is 7.21. The van der Waals surface area contributed by atoms with Crippen LogP contribution < -0.4 is 26.1 Å². The number of hydrogen-bond donors (Lipinski definition) is 2. The van der Waals surface area contributed by atoms with Gasteiger partial charge in [0.2, 0.25) is 5.43 Å². The number of benzene rings is 3. The van der Waals surface area contributed by atoms with Crippen molar-refractivity contribution in [2.75, 3.05) is 31.1 Å². The number of aromatic nitrogens is 1. The maximum atomic E-state index is 15.9. The van der Waals surface area contributed by atoms with Crippen LogP contribution in [-0.2, 0) is 0 Å². The topological polar surface area (TPSA) is 92.8 Å². The maximum absolute atomic E-state index is 15.9. The maximum Gasteiger partial charge on any atom is 0.256 e. The van der Waals surface area contributed by atoms with Gasteiger partial charge in [-0.15, -0.1) is 0 Å². The van der Waals surface area contributed by atoms with Gasteiger partial charge in [-0.1, -0.05) is 30.7 Å². The Labute approximate surface area is 250 Å². The van der Waals surface area contributed by atoms with Crippen LogP contribution in [0.4, 0.5) is 10.1 Å². The smallest absolute Gasteiger partial charge is 0.256 e. The SMILES string of the molecule is CC1CCCC(C)N1CCCNC(=O)c1cn2c3c(c(N4CCC(N)C4)c(F)cc3c1=O)Oc1cc3ccccc3cc1-2. The Morgan fingerprint density at radius 3 is 2.56 bits per heavy atom. The molecule has 0 spiro atoms. The summed E-state index contributed by atoms with van der Waals surface area (Å²) in [5.74, 6) is -0.212. The Balaban J connectivity index is 1.28. The Morgan fingerprint density at radius 2 is 1.84 bits per heavy atom. The molecule has 3 atom stereocenters. The molecule has 1 amide bonds. The van der Waals surface area contributed by atoms with Crippen molar-refractivity contribution in [2.45, 2.75) is 64.1 Å². The van der Waals surface area contributed by atoms with Crippen molar-refractivity contribution in [2.24, 2.45) is 5.73 Å². The number of carbonyl (C=O) groups excluding carboxylic acids is 1. The summed E-state index contributed by atoms with van der Waals surface area (Å²) in [6.45, 7) is 6.94. The van der Waals surface area contributed by atoms with E-state index in [1.807, 2.05) is 45.9 Å². The van der Waals surface area contributed by atoms with Gasteiger partial charge in [0.15, 0.2) is 17.3 Å². The van der Waals surface area contributed by atoms with Crippen LogP contribution in [0, 0.1) is 5.82 Å². The Hall–Kier alpha value is -3.95. The number of likely N-dealkylation sites (tertiary alicyclic amines) is 1. The third-order valence-corrected chi connectivity index (χ3v) is 9.51. The van der Waals surface area contributed by atoms with Crippen LogP contribution in [-0.4, -0.2) is 59.7 Å². The lowest BCUT2D eigenvalue weighted by Gasteiger charge is -2.39. The Morgan fingerprint density at radius 1 is 1.09 bits per heavy atom. The molecule has 224 valence electrons. The number of ether oxygens (including phenoxy) is 1. The molecule has 3 aromatic carbocycles. The molecule has 1 aromatic heterocycles. The van der Waals surface area contributed by atoms with Crippen molar-refractivity contribution in [1.29, 1.82) is 0 Å². The molecule has 4 aromatic rings. The zero-order chi connectivity index (χ0) is 29.8. The molecule has 3 aliphatic rings. The molecule has 0 bridgehead atoms. The monoisotopic (exact) mass is 583 g/mol. The first kappa shape index (κ1) is 27.9. The number of hydrogen-bond acceptors (Lipinski definition) is 6. The van der Waals surface area contributed by atoms with Crippen LogP contribution in [0.5, 0.6) is 11.5 Å². The first-order valence-electron chi connectivity index (χ1n) is 15.5. The summed E-state index contributed by atoms with van der Waals surface area (Å²) in [7, 11) is 0. The number of nitrogens with zero attached hydrogens (tertiary/aromatic N) is 3. The van der Waals surface area contributed by atoms with Crippen molar-refractivity contribution in [3.63, 3.8) is 0 Å². The lowest BCUT2D eigenvalue weighted by Crippen LogP contribution is -2.44. The quantitative estimate of drug-likeness (QED) is 0.263. The van der Waals surface area contributed by atoms with Gasteiger partial charge in [0.05, 0.1) is 11.1 Å². The predicted molar refractivity (Wildman–Crippen MR) is 168 cm³/mol. The molecular formula is C34H38FN5O3. The van der Waals surface area contributed by atoms with Crippen molar-refractivity contribution < 1.29 is 13.9 Å². The standard InChI is InChI=1S/C34H38FN5O3/c1-20-7-5-8-21(2)39(20)13-6-12-37-34(42)26-19-40-28-15-22-9-3-4-10-23(22)16-29(28)43-33-30(40)25(32(26)41)17-27(35)31(33)38-14-11-24(36)18-38/h3-4,9-10,15-17,19-21,24H,5-8,11-14,18,36H2,1-2H3,(H,37,42). The second kappa shape index (κ2) is 11.0. The number of carbonyl (C=O) groups is 1. The molecule has 3 unspecified atom stereocenters. The highest BCUT2D eigenvalue weighted by atomic mass is 19.1. The van der Waals surface area contributed by atoms with Crippen LogP contribution in [0.3, 0.4) is 0 Å². The zero-order valence-electron chi connectivity index (χ0n) is 24.7. The molecule has 43 heavy (non-hydrogen) atoms. The molecule has 2 saturated heterocycles. The van der Waals surface area contributed by atoms with Gasteiger partial charge < -0.3 is 25.3 Å². The Bertz CT molecular complexity index is 1790. The van der Waals surface area contributed by atoms with Gasteiger partial charge >= 0.3 is 0 Å². The second-order valence-electron chi connectivity index (χ2n) is 12.4. The highest BCUT2D eigenvalue weighted by Gasteiger charge is 2.33. The fraction of sp³-hybridized carbons (Fsp3) is 0.412. The number of anilines is 1. The number of amides is 1. The molecule has 3 N–H and O–H groups in total. The largest absolute Gasteiger partial charge is 0.451 e. The van der Waals surface area contributed by atoms with E-state index in [2.05, 4.69) is 24.1 Å². The van der Waals surface area contributed by atoms with E-state index < -0.39 is 17.2 Å². The van der Waals surface area contributed by atoms with Crippen molar-refractivity contribution in [1.82, 2.24) is 14.8 Å². The summed E-state index contributed by atoms with van der Waals surface area (Å²) in [6, 6.07) is 14.0. The van der Waals surface area contributed by atoms with Crippen molar-refractivity contribution in [3.05, 3.63) is 70.3 Å². The molecule has 0 aliphatic carbocycles. The van der Waals surface area contributed by atoms with E-state index in [0.717, 1.165) is 30.2 Å². The van der Waals surface area contributed by atoms with E-state index in [1.165, 1.54) is 25.3 Å². The molecule has 7 rings (SSSR count). The third kappa shape index (κ3) is 4.84. The minimum Gasteiger partial charge on any atom is -0.451 e. The first-order chi connectivity index (χ1) is 20.8. The second-order valence-corrected chi connectivity index (χ2v) is 12.4. The van der Waals surface area contributed by atoms with Gasteiger partial charge in [0.25, 0.3) is 5.91 Å². The number of halogens is 1. The molecule has 4 heterocycles. The molecule has 2 fully saturated rings. The lowest BCUT2D eigenvalue weighted by atomic mass is 9.97. The van der Waals surface area contributed by atoms with E-state index in [9.17, 15) is 9.59 Å². The summed E-state index contributed by atoms with van der Waals surface area (Å²) < 4.78 is 24.2. The summed E-state index contributed by atoms with van der Waals surface area (Å²) >= 11 is 0. The van der Waals surface area contributed by atoms with Crippen LogP contribution in [0.1, 0.15) is 56.3 Å². The average Bonchev–Trinajstić information content (AvgIpc) is 3.42. The number of rotatable bonds is 6. The first-order valence-corrected chi connectivity index (χ1v) is 15.5. The van der Waals surface area contributed by atoms with Crippen molar-refractivity contribution >= 4 is 33.3 Å². The zero-order valence-corrected chi connectivity index (χ0v) is 24.7. The summed E-state index contributed by atoms with van der Waals surface area (Å²) in [5, 5.41) is 5.03. The molecule has 8 nitrogen and oxygen atoms in total. The lowest BCUT2D eigenvalue weighted by molar-refractivity contribution is 0.0924. The number of piperidine rings is 1. The van der Waals surface area contributed by atoms with E-state index in [-0.39, 0.29) is 22.7 Å². The highest BCUT2D eigenvalue weighted by Crippen LogP contribution is 2.48. The van der Waals surface area contributed by atoms with Gasteiger partial charge in [-0.2, -0.15) is 0 Å². The summed E-state index contributed by atoms with van der Waals surface area (Å²) in [5.41, 5.74) is 7.08. The number of nitrogens with two attached hydrogens (primary N) is 1. The molecular weight excluding hydrogens is 545 g/mol. The Kier molecular flexibility index (Phi) is 7.10. The van der Waals surface area contributed by atoms with Crippen LogP contribution in [0.25, 0.3) is 27.4 Å². The van der Waals surface area contributed by atoms with Gasteiger partial charge in [0, 0.05) is 50.5 Å². The summed E-state index contributed by atoms with van der Waals surface area (Å²) in [4.78, 5) is 31.7. The van der Waals surface area contributed by atoms with Gasteiger partial charge in [0.1, 0.15) is 16.8 Å². The van der Waals surface area contributed by atoms with Crippen molar-refractivity contribution in [3.8, 4) is 17.2 Å². The number of fused-ring (bicyclic) bond motifs is 3. The number of nitrogens with one attached hydrogen (secondary N) is 1. The minimum absolute atomic E-state index is 0.0190. The van der Waals surface area contributed by atoms with E-state index in [1.54, 1.807) is 6.20 Å². The van der Waals surface area contributed by atoms with E-state index >= 15 is 4.39 Å². The predicted octanol–water partition coefficient (Wildman–Crippen LogP) is 5.31. The average molecular weight is 584 g/mol. The van der Waals surface area contributed by atoms with E-state index in [4.69, 9.17) is 10.5 Å². The molecule has 9 heteroatoms. The molecule has 3 aliphatic heterocycles. The normalized spacial score (nSPS) is 21.7. The molecule has 0 radical (unpaired) electrons. The third-order valence-electron chi connectivity index (χ3n) is 9.51. The van der Waals surface area contributed by atoms with Gasteiger partial charge in [-0.05, 0) is 68.5 Å². The van der Waals surface area contributed by atoms with Gasteiger partial charge in [-0.3, -0.25) is 14.5 Å². The fourth-order valence-electron chi connectivity index (χ4n) is 7.21. The minimum atomic E-state index is -0.563.